The number of benzene rings is 1. The Bertz CT molecular complexity index is 1280. The molecule has 0 fully saturated rings. The lowest BCUT2D eigenvalue weighted by molar-refractivity contribution is 0.466. The smallest absolute Gasteiger partial charge is 0.277 e. The van der Waals surface area contributed by atoms with Gasteiger partial charge < -0.3 is 14.4 Å². The van der Waals surface area contributed by atoms with E-state index in [1.165, 1.54) is 23.1 Å². The van der Waals surface area contributed by atoms with Gasteiger partial charge in [-0.2, -0.15) is 0 Å². The standard InChI is InChI=1S/C17H11N5O2S2/c23-15-14-12(5-6-25-14)19-13(20-15)8-26-17-22-21-16(24-17)10-7-18-11-4-2-1-3-9(10)11/h1-7,18H,8H2,(H,19,20,23). The van der Waals surface area contributed by atoms with Crippen molar-refractivity contribution in [1.29, 1.82) is 0 Å². The topological polar surface area (TPSA) is 100 Å². The Labute approximate surface area is 154 Å². The first kappa shape index (κ1) is 15.4. The number of aromatic nitrogens is 5. The Kier molecular flexibility index (Phi) is 3.61. The number of nitrogens with zero attached hydrogens (tertiary/aromatic N) is 3. The van der Waals surface area contributed by atoms with Crippen LogP contribution >= 0.6 is 23.1 Å². The largest absolute Gasteiger partial charge is 0.411 e. The van der Waals surface area contributed by atoms with Crippen LogP contribution in [-0.4, -0.2) is 25.1 Å². The van der Waals surface area contributed by atoms with Gasteiger partial charge in [-0.1, -0.05) is 30.0 Å². The third-order valence-electron chi connectivity index (χ3n) is 3.92. The molecule has 128 valence electrons. The minimum atomic E-state index is -0.120. The summed E-state index contributed by atoms with van der Waals surface area (Å²) in [5, 5.41) is 11.5. The number of hydrogen-bond donors (Lipinski definition) is 2. The Morgan fingerprint density at radius 3 is 3.08 bits per heavy atom. The van der Waals surface area contributed by atoms with E-state index in [1.807, 2.05) is 41.9 Å². The van der Waals surface area contributed by atoms with Crippen molar-refractivity contribution in [2.75, 3.05) is 0 Å². The Morgan fingerprint density at radius 2 is 2.12 bits per heavy atom. The van der Waals surface area contributed by atoms with Crippen LogP contribution in [0.1, 0.15) is 5.82 Å². The van der Waals surface area contributed by atoms with Crippen LogP contribution in [0.5, 0.6) is 0 Å². The van der Waals surface area contributed by atoms with E-state index in [4.69, 9.17) is 4.42 Å². The fourth-order valence-electron chi connectivity index (χ4n) is 2.75. The summed E-state index contributed by atoms with van der Waals surface area (Å²) >= 11 is 2.72. The second kappa shape index (κ2) is 6.11. The highest BCUT2D eigenvalue weighted by atomic mass is 32.2. The second-order valence-electron chi connectivity index (χ2n) is 5.56. The van der Waals surface area contributed by atoms with E-state index in [1.54, 1.807) is 0 Å². The van der Waals surface area contributed by atoms with Gasteiger partial charge in [0.25, 0.3) is 16.7 Å². The number of fused-ring (bicyclic) bond motifs is 2. The maximum atomic E-state index is 12.0. The van der Waals surface area contributed by atoms with Gasteiger partial charge in [0.1, 0.15) is 10.5 Å². The zero-order valence-electron chi connectivity index (χ0n) is 13.2. The first-order valence-electron chi connectivity index (χ1n) is 7.77. The van der Waals surface area contributed by atoms with E-state index in [0.29, 0.717) is 32.9 Å². The average molecular weight is 381 g/mol. The quantitative estimate of drug-likeness (QED) is 0.459. The Balaban J connectivity index is 1.39. The van der Waals surface area contributed by atoms with Gasteiger partial charge in [-0.05, 0) is 17.5 Å². The molecule has 0 aliphatic carbocycles. The Hall–Kier alpha value is -2.91. The maximum Gasteiger partial charge on any atom is 0.277 e. The molecular weight excluding hydrogens is 370 g/mol. The summed E-state index contributed by atoms with van der Waals surface area (Å²) in [7, 11) is 0. The number of thioether (sulfide) groups is 1. The summed E-state index contributed by atoms with van der Waals surface area (Å²) in [4.78, 5) is 22.4. The van der Waals surface area contributed by atoms with E-state index >= 15 is 0 Å². The van der Waals surface area contributed by atoms with Gasteiger partial charge in [0, 0.05) is 17.1 Å². The molecule has 5 rings (SSSR count). The van der Waals surface area contributed by atoms with Crippen LogP contribution < -0.4 is 5.56 Å². The first-order valence-corrected chi connectivity index (χ1v) is 9.63. The van der Waals surface area contributed by atoms with Crippen molar-refractivity contribution in [2.45, 2.75) is 11.0 Å². The minimum Gasteiger partial charge on any atom is -0.411 e. The molecule has 4 aromatic heterocycles. The molecule has 1 aromatic carbocycles. The summed E-state index contributed by atoms with van der Waals surface area (Å²) in [5.41, 5.74) is 2.47. The third-order valence-corrected chi connectivity index (χ3v) is 5.65. The summed E-state index contributed by atoms with van der Waals surface area (Å²) in [6, 6.07) is 9.77. The summed E-state index contributed by atoms with van der Waals surface area (Å²) in [6.45, 7) is 0. The molecule has 0 radical (unpaired) electrons. The van der Waals surface area contributed by atoms with Gasteiger partial charge in [0.05, 0.1) is 16.8 Å². The highest BCUT2D eigenvalue weighted by Crippen LogP contribution is 2.30. The molecule has 9 heteroatoms. The normalized spacial score (nSPS) is 11.5. The average Bonchev–Trinajstić information content (AvgIpc) is 3.38. The first-order chi connectivity index (χ1) is 12.8. The molecule has 2 N–H and O–H groups in total. The van der Waals surface area contributed by atoms with Gasteiger partial charge in [0.2, 0.25) is 0 Å². The highest BCUT2D eigenvalue weighted by molar-refractivity contribution is 7.98. The maximum absolute atomic E-state index is 12.0. The van der Waals surface area contributed by atoms with Crippen molar-refractivity contribution < 1.29 is 4.42 Å². The third kappa shape index (κ3) is 2.61. The van der Waals surface area contributed by atoms with Crippen LogP contribution in [0.3, 0.4) is 0 Å². The van der Waals surface area contributed by atoms with E-state index in [2.05, 4.69) is 25.1 Å². The van der Waals surface area contributed by atoms with Crippen LogP contribution in [0.2, 0.25) is 0 Å². The predicted molar refractivity (Wildman–Crippen MR) is 101 cm³/mol. The molecule has 0 bridgehead atoms. The molecule has 26 heavy (non-hydrogen) atoms. The van der Waals surface area contributed by atoms with E-state index in [0.717, 1.165) is 16.5 Å². The fraction of sp³-hybridized carbons (Fsp3) is 0.0588. The molecule has 0 unspecified atom stereocenters. The van der Waals surface area contributed by atoms with Crippen LogP contribution in [0.15, 0.2) is 56.3 Å². The van der Waals surface area contributed by atoms with Gasteiger partial charge in [0.15, 0.2) is 0 Å². The molecule has 0 saturated carbocycles. The lowest BCUT2D eigenvalue weighted by atomic mass is 10.2. The molecule has 0 spiro atoms. The van der Waals surface area contributed by atoms with Gasteiger partial charge >= 0.3 is 0 Å². The van der Waals surface area contributed by atoms with Crippen molar-refractivity contribution >= 4 is 44.2 Å². The van der Waals surface area contributed by atoms with Crippen molar-refractivity contribution in [3.8, 4) is 11.5 Å². The van der Waals surface area contributed by atoms with Crippen molar-refractivity contribution in [1.82, 2.24) is 25.1 Å². The number of aromatic amines is 2. The second-order valence-corrected chi connectivity index (χ2v) is 7.40. The van der Waals surface area contributed by atoms with Crippen LogP contribution in [0.4, 0.5) is 0 Å². The van der Waals surface area contributed by atoms with Crippen molar-refractivity contribution in [2.24, 2.45) is 0 Å². The van der Waals surface area contributed by atoms with Crippen molar-refractivity contribution in [3.63, 3.8) is 0 Å². The molecule has 0 aliphatic heterocycles. The van der Waals surface area contributed by atoms with Gasteiger partial charge in [-0.15, -0.1) is 21.5 Å². The molecule has 0 amide bonds. The zero-order chi connectivity index (χ0) is 17.5. The minimum absolute atomic E-state index is 0.120. The molecule has 0 atom stereocenters. The number of nitrogens with one attached hydrogen (secondary N) is 2. The predicted octanol–water partition coefficient (Wildman–Crippen LogP) is 3.81. The number of thiophene rings is 1. The molecule has 5 aromatic rings. The monoisotopic (exact) mass is 381 g/mol. The molecule has 0 saturated heterocycles. The van der Waals surface area contributed by atoms with Crippen LogP contribution in [0.25, 0.3) is 32.6 Å². The summed E-state index contributed by atoms with van der Waals surface area (Å²) in [6.07, 6.45) is 1.86. The summed E-state index contributed by atoms with van der Waals surface area (Å²) < 4.78 is 6.40. The van der Waals surface area contributed by atoms with Crippen molar-refractivity contribution in [3.05, 3.63) is 58.1 Å². The van der Waals surface area contributed by atoms with Gasteiger partial charge in [-0.3, -0.25) is 4.79 Å². The SMILES string of the molecule is O=c1[nH]c(CSc2nnc(-c3c[nH]c4ccccc34)o2)nc2ccsc12. The molecular formula is C17H11N5O2S2. The number of rotatable bonds is 4. The fourth-order valence-corrected chi connectivity index (χ4v) is 4.10. The van der Waals surface area contributed by atoms with E-state index in [9.17, 15) is 4.79 Å². The van der Waals surface area contributed by atoms with Crippen LogP contribution in [-0.2, 0) is 5.75 Å². The van der Waals surface area contributed by atoms with Crippen LogP contribution in [0, 0.1) is 0 Å². The van der Waals surface area contributed by atoms with E-state index in [-0.39, 0.29) is 5.56 Å². The Morgan fingerprint density at radius 1 is 1.19 bits per heavy atom. The highest BCUT2D eigenvalue weighted by Gasteiger charge is 2.14. The number of para-hydroxylation sites is 1. The zero-order valence-corrected chi connectivity index (χ0v) is 14.9. The number of H-pyrrole nitrogens is 2. The lowest BCUT2D eigenvalue weighted by Crippen LogP contribution is -2.09. The lowest BCUT2D eigenvalue weighted by Gasteiger charge is -1.98. The van der Waals surface area contributed by atoms with E-state index < -0.39 is 0 Å². The molecule has 4 heterocycles. The summed E-state index contributed by atoms with van der Waals surface area (Å²) in [5.74, 6) is 1.48. The molecule has 0 aliphatic rings. The number of hydrogen-bond acceptors (Lipinski definition) is 7. The molecule has 7 nitrogen and oxygen atoms in total. The van der Waals surface area contributed by atoms with Gasteiger partial charge in [-0.25, -0.2) is 4.98 Å².